The lowest BCUT2D eigenvalue weighted by Gasteiger charge is -2.23. The molecule has 1 aliphatic rings. The van der Waals surface area contributed by atoms with Gasteiger partial charge in [-0.1, -0.05) is 13.8 Å². The minimum absolute atomic E-state index is 0.0935. The van der Waals surface area contributed by atoms with Crippen LogP contribution in [-0.4, -0.2) is 42.0 Å². The highest BCUT2D eigenvalue weighted by molar-refractivity contribution is 7.13. The van der Waals surface area contributed by atoms with Crippen LogP contribution in [0.5, 0.6) is 0 Å². The van der Waals surface area contributed by atoms with Crippen LogP contribution in [0.15, 0.2) is 24.3 Å². The Morgan fingerprint density at radius 2 is 1.92 bits per heavy atom. The van der Waals surface area contributed by atoms with Gasteiger partial charge in [-0.2, -0.15) is 0 Å². The van der Waals surface area contributed by atoms with Gasteiger partial charge in [0.25, 0.3) is 5.91 Å². The first-order valence-corrected chi connectivity index (χ1v) is 10.0. The Kier molecular flexibility index (Phi) is 5.91. The number of hydrogen-bond donors (Lipinski definition) is 0. The molecule has 1 aromatic carbocycles. The third-order valence-corrected chi connectivity index (χ3v) is 5.76. The van der Waals surface area contributed by atoms with Crippen molar-refractivity contribution in [3.05, 3.63) is 45.7 Å². The summed E-state index contributed by atoms with van der Waals surface area (Å²) in [6.07, 6.45) is 1.82. The topological polar surface area (TPSA) is 36.4 Å². The van der Waals surface area contributed by atoms with E-state index in [1.807, 2.05) is 11.8 Å². The second-order valence-corrected chi connectivity index (χ2v) is 8.31. The summed E-state index contributed by atoms with van der Waals surface area (Å²) < 4.78 is 13.1. The monoisotopic (exact) mass is 375 g/mol. The van der Waals surface area contributed by atoms with Gasteiger partial charge in [0.05, 0.1) is 10.7 Å². The lowest BCUT2D eigenvalue weighted by molar-refractivity contribution is 0.0771. The number of benzene rings is 1. The van der Waals surface area contributed by atoms with Crippen LogP contribution in [0.25, 0.3) is 0 Å². The molecule has 0 N–H and O–H groups in total. The summed E-state index contributed by atoms with van der Waals surface area (Å²) in [5.74, 6) is 0.403. The van der Waals surface area contributed by atoms with Crippen molar-refractivity contribution in [1.29, 1.82) is 0 Å². The molecule has 0 spiro atoms. The standard InChI is InChI=1S/C20H26FN3OS/c1-14(2)13-18-22-15(3)19(26-18)20(25)24-10-4-9-23(11-12-24)17-7-5-16(21)6-8-17/h5-8,14H,4,9-13H2,1-3H3. The molecule has 0 unspecified atom stereocenters. The second-order valence-electron chi connectivity index (χ2n) is 7.23. The molecule has 1 amide bonds. The molecule has 1 saturated heterocycles. The van der Waals surface area contributed by atoms with Crippen molar-refractivity contribution >= 4 is 22.9 Å². The third-order valence-electron chi connectivity index (χ3n) is 4.59. The van der Waals surface area contributed by atoms with Crippen molar-refractivity contribution in [3.8, 4) is 0 Å². The molecule has 1 aromatic heterocycles. The lowest BCUT2D eigenvalue weighted by Crippen LogP contribution is -2.35. The van der Waals surface area contributed by atoms with Gasteiger partial charge in [0.2, 0.25) is 0 Å². The van der Waals surface area contributed by atoms with E-state index in [2.05, 4.69) is 23.7 Å². The quantitative estimate of drug-likeness (QED) is 0.806. The molecule has 3 rings (SSSR count). The van der Waals surface area contributed by atoms with E-state index in [4.69, 9.17) is 0 Å². The van der Waals surface area contributed by atoms with Gasteiger partial charge < -0.3 is 9.80 Å². The predicted molar refractivity (Wildman–Crippen MR) is 105 cm³/mol. The van der Waals surface area contributed by atoms with Crippen LogP contribution >= 0.6 is 11.3 Å². The molecule has 0 aliphatic carbocycles. The molecule has 0 saturated carbocycles. The second kappa shape index (κ2) is 8.16. The molecule has 4 nitrogen and oxygen atoms in total. The maximum Gasteiger partial charge on any atom is 0.265 e. The number of carbonyl (C=O) groups is 1. The average molecular weight is 376 g/mol. The smallest absolute Gasteiger partial charge is 0.265 e. The van der Waals surface area contributed by atoms with E-state index >= 15 is 0 Å². The van der Waals surface area contributed by atoms with E-state index in [0.717, 1.165) is 53.7 Å². The number of carbonyl (C=O) groups excluding carboxylic acids is 1. The van der Waals surface area contributed by atoms with Crippen LogP contribution in [0.3, 0.4) is 0 Å². The van der Waals surface area contributed by atoms with Gasteiger partial charge in [-0.15, -0.1) is 11.3 Å². The number of thiazole rings is 1. The van der Waals surface area contributed by atoms with Gasteiger partial charge in [0.1, 0.15) is 10.7 Å². The highest BCUT2D eigenvalue weighted by Gasteiger charge is 2.24. The molecule has 2 heterocycles. The maximum absolute atomic E-state index is 13.1. The summed E-state index contributed by atoms with van der Waals surface area (Å²) in [6.45, 7) is 9.30. The van der Waals surface area contributed by atoms with Crippen LogP contribution in [0.4, 0.5) is 10.1 Å². The van der Waals surface area contributed by atoms with Crippen LogP contribution < -0.4 is 4.90 Å². The number of rotatable bonds is 4. The van der Waals surface area contributed by atoms with Crippen LogP contribution in [0.2, 0.25) is 0 Å². The van der Waals surface area contributed by atoms with Crippen LogP contribution in [-0.2, 0) is 6.42 Å². The number of hydrogen-bond acceptors (Lipinski definition) is 4. The maximum atomic E-state index is 13.1. The third kappa shape index (κ3) is 4.41. The molecule has 26 heavy (non-hydrogen) atoms. The highest BCUT2D eigenvalue weighted by Crippen LogP contribution is 2.24. The number of anilines is 1. The molecule has 0 atom stereocenters. The van der Waals surface area contributed by atoms with Crippen molar-refractivity contribution < 1.29 is 9.18 Å². The number of aryl methyl sites for hydroxylation is 1. The zero-order valence-corrected chi connectivity index (χ0v) is 16.5. The SMILES string of the molecule is Cc1nc(CC(C)C)sc1C(=O)N1CCCN(c2ccc(F)cc2)CC1. The fourth-order valence-electron chi connectivity index (χ4n) is 3.26. The van der Waals surface area contributed by atoms with E-state index in [-0.39, 0.29) is 11.7 Å². The summed E-state index contributed by atoms with van der Waals surface area (Å²) in [4.78, 5) is 22.5. The van der Waals surface area contributed by atoms with Gasteiger partial charge in [-0.3, -0.25) is 4.79 Å². The molecule has 2 aromatic rings. The predicted octanol–water partition coefficient (Wildman–Crippen LogP) is 4.14. The zero-order chi connectivity index (χ0) is 18.7. The lowest BCUT2D eigenvalue weighted by atomic mass is 10.1. The first-order valence-electron chi connectivity index (χ1n) is 9.20. The van der Waals surface area contributed by atoms with Crippen molar-refractivity contribution in [2.24, 2.45) is 5.92 Å². The molecular formula is C20H26FN3OS. The molecule has 0 radical (unpaired) electrons. The van der Waals surface area contributed by atoms with E-state index < -0.39 is 0 Å². The van der Waals surface area contributed by atoms with E-state index in [0.29, 0.717) is 12.5 Å². The van der Waals surface area contributed by atoms with Gasteiger partial charge >= 0.3 is 0 Å². The molecular weight excluding hydrogens is 349 g/mol. The number of halogens is 1. The van der Waals surface area contributed by atoms with Crippen LogP contribution in [0, 0.1) is 18.7 Å². The molecule has 6 heteroatoms. The van der Waals surface area contributed by atoms with E-state index in [1.54, 1.807) is 12.1 Å². The van der Waals surface area contributed by atoms with Crippen molar-refractivity contribution in [2.45, 2.75) is 33.6 Å². The van der Waals surface area contributed by atoms with E-state index in [1.165, 1.54) is 23.5 Å². The first-order chi connectivity index (χ1) is 12.4. The number of nitrogens with zero attached hydrogens (tertiary/aromatic N) is 3. The normalized spacial score (nSPS) is 15.4. The Labute approximate surface area is 158 Å². The Morgan fingerprint density at radius 1 is 1.19 bits per heavy atom. The number of amides is 1. The largest absolute Gasteiger partial charge is 0.370 e. The fraction of sp³-hybridized carbons (Fsp3) is 0.500. The summed E-state index contributed by atoms with van der Waals surface area (Å²) in [7, 11) is 0. The zero-order valence-electron chi connectivity index (χ0n) is 15.7. The Hall–Kier alpha value is -1.95. The number of aromatic nitrogens is 1. The summed E-state index contributed by atoms with van der Waals surface area (Å²) in [5, 5.41) is 1.05. The Bertz CT molecular complexity index is 757. The first kappa shape index (κ1) is 18.8. The van der Waals surface area contributed by atoms with Crippen molar-refractivity contribution in [2.75, 3.05) is 31.1 Å². The summed E-state index contributed by atoms with van der Waals surface area (Å²) in [5.41, 5.74) is 1.85. The molecule has 1 aliphatic heterocycles. The molecule has 0 bridgehead atoms. The fourth-order valence-corrected chi connectivity index (χ4v) is 4.51. The van der Waals surface area contributed by atoms with Crippen molar-refractivity contribution in [3.63, 3.8) is 0 Å². The Balaban J connectivity index is 1.68. The minimum Gasteiger partial charge on any atom is -0.370 e. The van der Waals surface area contributed by atoms with Gasteiger partial charge in [-0.25, -0.2) is 9.37 Å². The van der Waals surface area contributed by atoms with Crippen molar-refractivity contribution in [1.82, 2.24) is 9.88 Å². The summed E-state index contributed by atoms with van der Waals surface area (Å²) in [6, 6.07) is 6.58. The van der Waals surface area contributed by atoms with Gasteiger partial charge in [-0.05, 0) is 43.5 Å². The molecule has 1 fully saturated rings. The van der Waals surface area contributed by atoms with E-state index in [9.17, 15) is 9.18 Å². The minimum atomic E-state index is -0.224. The van der Waals surface area contributed by atoms with Crippen LogP contribution in [0.1, 0.15) is 40.6 Å². The average Bonchev–Trinajstić information content (AvgIpc) is 2.81. The van der Waals surface area contributed by atoms with Gasteiger partial charge in [0, 0.05) is 38.3 Å². The summed E-state index contributed by atoms with van der Waals surface area (Å²) >= 11 is 1.54. The van der Waals surface area contributed by atoms with Gasteiger partial charge in [0.15, 0.2) is 0 Å². The Morgan fingerprint density at radius 3 is 2.62 bits per heavy atom. The molecule has 140 valence electrons. The highest BCUT2D eigenvalue weighted by atomic mass is 32.1.